The summed E-state index contributed by atoms with van der Waals surface area (Å²) in [5.41, 5.74) is 6.73. The summed E-state index contributed by atoms with van der Waals surface area (Å²) in [6.07, 6.45) is -4.34. The van der Waals surface area contributed by atoms with E-state index >= 15 is 0 Å². The Labute approximate surface area is 111 Å². The Hall–Kier alpha value is -2.51. The summed E-state index contributed by atoms with van der Waals surface area (Å²) < 4.78 is 39.3. The standard InChI is InChI=1S/C12H10F3N5/c13-12(14,15)6-20-9-4-2-1-3-7(9)17-11(20)8-5-10(16)19-18-8/h1-5H,6H2,(H3,16,18,19). The van der Waals surface area contributed by atoms with E-state index in [1.807, 2.05) is 0 Å². The smallest absolute Gasteiger partial charge is 0.382 e. The van der Waals surface area contributed by atoms with E-state index in [1.54, 1.807) is 24.3 Å². The predicted molar refractivity (Wildman–Crippen MR) is 67.8 cm³/mol. The first-order chi connectivity index (χ1) is 9.44. The van der Waals surface area contributed by atoms with Crippen molar-refractivity contribution in [2.45, 2.75) is 12.7 Å². The molecule has 0 fully saturated rings. The molecule has 0 radical (unpaired) electrons. The minimum atomic E-state index is -4.34. The lowest BCUT2D eigenvalue weighted by atomic mass is 10.3. The van der Waals surface area contributed by atoms with Gasteiger partial charge in [-0.25, -0.2) is 4.98 Å². The van der Waals surface area contributed by atoms with Crippen molar-refractivity contribution in [1.82, 2.24) is 19.7 Å². The van der Waals surface area contributed by atoms with Crippen LogP contribution in [0.2, 0.25) is 0 Å². The molecule has 0 spiro atoms. The minimum absolute atomic E-state index is 0.160. The molecule has 2 heterocycles. The molecule has 0 atom stereocenters. The first-order valence-electron chi connectivity index (χ1n) is 5.77. The van der Waals surface area contributed by atoms with Gasteiger partial charge in [0.2, 0.25) is 0 Å². The number of nitrogens with zero attached hydrogens (tertiary/aromatic N) is 3. The SMILES string of the molecule is Nc1cc(-c2nc3ccccc3n2CC(F)(F)F)[nH]n1. The number of fused-ring (bicyclic) bond motifs is 1. The van der Waals surface area contributed by atoms with Crippen LogP contribution in [0.3, 0.4) is 0 Å². The zero-order valence-electron chi connectivity index (χ0n) is 10.1. The van der Waals surface area contributed by atoms with Gasteiger partial charge in [-0.1, -0.05) is 12.1 Å². The highest BCUT2D eigenvalue weighted by molar-refractivity contribution is 5.80. The van der Waals surface area contributed by atoms with Gasteiger partial charge in [0.05, 0.1) is 11.0 Å². The molecule has 5 nitrogen and oxygen atoms in total. The highest BCUT2D eigenvalue weighted by Gasteiger charge is 2.30. The van der Waals surface area contributed by atoms with Crippen LogP contribution in [-0.2, 0) is 6.54 Å². The fourth-order valence-electron chi connectivity index (χ4n) is 2.07. The van der Waals surface area contributed by atoms with Gasteiger partial charge in [0.1, 0.15) is 18.1 Å². The second kappa shape index (κ2) is 4.26. The number of hydrogen-bond acceptors (Lipinski definition) is 3. The number of halogens is 3. The number of nitrogens with one attached hydrogen (secondary N) is 1. The van der Waals surface area contributed by atoms with Crippen molar-refractivity contribution in [3.05, 3.63) is 30.3 Å². The molecule has 8 heteroatoms. The molecule has 0 aliphatic heterocycles. The second-order valence-electron chi connectivity index (χ2n) is 4.33. The van der Waals surface area contributed by atoms with Gasteiger partial charge < -0.3 is 10.3 Å². The molecule has 1 aromatic carbocycles. The number of rotatable bonds is 2. The number of aromatic amines is 1. The summed E-state index contributed by atoms with van der Waals surface area (Å²) >= 11 is 0. The van der Waals surface area contributed by atoms with Crippen molar-refractivity contribution in [2.75, 3.05) is 5.73 Å². The molecule has 0 amide bonds. The van der Waals surface area contributed by atoms with Crippen molar-refractivity contribution >= 4 is 16.9 Å². The number of nitrogen functional groups attached to an aromatic ring is 1. The third kappa shape index (κ3) is 2.20. The number of anilines is 1. The number of aromatic nitrogens is 4. The Bertz CT molecular complexity index is 756. The number of H-pyrrole nitrogens is 1. The molecule has 0 unspecified atom stereocenters. The Kier molecular flexibility index (Phi) is 2.66. The van der Waals surface area contributed by atoms with Gasteiger partial charge >= 0.3 is 6.18 Å². The van der Waals surface area contributed by atoms with Gasteiger partial charge in [0, 0.05) is 6.07 Å². The summed E-state index contributed by atoms with van der Waals surface area (Å²) in [5, 5.41) is 6.30. The van der Waals surface area contributed by atoms with E-state index in [2.05, 4.69) is 15.2 Å². The molecule has 3 N–H and O–H groups in total. The molecule has 0 bridgehead atoms. The number of para-hydroxylation sites is 2. The van der Waals surface area contributed by atoms with E-state index in [9.17, 15) is 13.2 Å². The maximum Gasteiger partial charge on any atom is 0.406 e. The molecule has 104 valence electrons. The normalized spacial score (nSPS) is 12.2. The Morgan fingerprint density at radius 2 is 2.00 bits per heavy atom. The van der Waals surface area contributed by atoms with E-state index < -0.39 is 12.7 Å². The quantitative estimate of drug-likeness (QED) is 0.758. The molecule has 0 aliphatic carbocycles. The van der Waals surface area contributed by atoms with Crippen molar-refractivity contribution in [3.63, 3.8) is 0 Å². The fourth-order valence-corrected chi connectivity index (χ4v) is 2.07. The van der Waals surface area contributed by atoms with Gasteiger partial charge in [-0.15, -0.1) is 0 Å². The topological polar surface area (TPSA) is 72.5 Å². The van der Waals surface area contributed by atoms with Gasteiger partial charge in [-0.3, -0.25) is 5.10 Å². The van der Waals surface area contributed by atoms with Crippen LogP contribution in [-0.4, -0.2) is 25.9 Å². The first kappa shape index (κ1) is 12.5. The monoisotopic (exact) mass is 281 g/mol. The highest BCUT2D eigenvalue weighted by atomic mass is 19.4. The average Bonchev–Trinajstić information content (AvgIpc) is 2.93. The lowest BCUT2D eigenvalue weighted by Crippen LogP contribution is -2.18. The number of nitrogens with two attached hydrogens (primary N) is 1. The van der Waals surface area contributed by atoms with Crippen LogP contribution in [0.25, 0.3) is 22.6 Å². The number of alkyl halides is 3. The summed E-state index contributed by atoms with van der Waals surface area (Å²) in [4.78, 5) is 4.22. The van der Waals surface area contributed by atoms with E-state index in [0.29, 0.717) is 16.7 Å². The van der Waals surface area contributed by atoms with Crippen LogP contribution in [0.15, 0.2) is 30.3 Å². The summed E-state index contributed by atoms with van der Waals surface area (Å²) in [7, 11) is 0. The Morgan fingerprint density at radius 3 is 2.65 bits per heavy atom. The Balaban J connectivity index is 2.22. The molecule has 3 aromatic rings. The highest BCUT2D eigenvalue weighted by Crippen LogP contribution is 2.28. The molecule has 0 aliphatic rings. The third-order valence-electron chi connectivity index (χ3n) is 2.83. The molecule has 2 aromatic heterocycles. The molecular formula is C12H10F3N5. The molecule has 0 saturated carbocycles. The van der Waals surface area contributed by atoms with E-state index in [0.717, 1.165) is 4.57 Å². The average molecular weight is 281 g/mol. The molecule has 20 heavy (non-hydrogen) atoms. The molecular weight excluding hydrogens is 271 g/mol. The molecule has 3 rings (SSSR count). The lowest BCUT2D eigenvalue weighted by Gasteiger charge is -2.10. The number of benzene rings is 1. The van der Waals surface area contributed by atoms with E-state index in [1.165, 1.54) is 6.07 Å². The zero-order chi connectivity index (χ0) is 14.3. The predicted octanol–water partition coefficient (Wildman–Crippen LogP) is 2.57. The summed E-state index contributed by atoms with van der Waals surface area (Å²) in [6.45, 7) is -1.12. The Morgan fingerprint density at radius 1 is 1.25 bits per heavy atom. The van der Waals surface area contributed by atoms with Gasteiger partial charge in [-0.2, -0.15) is 18.3 Å². The van der Waals surface area contributed by atoms with Crippen LogP contribution in [0, 0.1) is 0 Å². The van der Waals surface area contributed by atoms with Crippen LogP contribution in [0.4, 0.5) is 19.0 Å². The maximum atomic E-state index is 12.7. The van der Waals surface area contributed by atoms with E-state index in [4.69, 9.17) is 5.73 Å². The van der Waals surface area contributed by atoms with E-state index in [-0.39, 0.29) is 11.6 Å². The van der Waals surface area contributed by atoms with Crippen LogP contribution in [0.1, 0.15) is 0 Å². The van der Waals surface area contributed by atoms with Crippen molar-refractivity contribution in [3.8, 4) is 11.5 Å². The van der Waals surface area contributed by atoms with Crippen molar-refractivity contribution in [1.29, 1.82) is 0 Å². The lowest BCUT2D eigenvalue weighted by molar-refractivity contribution is -0.139. The molecule has 0 saturated heterocycles. The van der Waals surface area contributed by atoms with Gasteiger partial charge in [-0.05, 0) is 12.1 Å². The third-order valence-corrected chi connectivity index (χ3v) is 2.83. The van der Waals surface area contributed by atoms with Gasteiger partial charge in [0.15, 0.2) is 5.82 Å². The van der Waals surface area contributed by atoms with Gasteiger partial charge in [0.25, 0.3) is 0 Å². The van der Waals surface area contributed by atoms with Crippen LogP contribution < -0.4 is 5.73 Å². The number of hydrogen-bond donors (Lipinski definition) is 2. The number of imidazole rings is 1. The second-order valence-corrected chi connectivity index (χ2v) is 4.33. The fraction of sp³-hybridized carbons (Fsp3) is 0.167. The maximum absolute atomic E-state index is 12.7. The largest absolute Gasteiger partial charge is 0.406 e. The summed E-state index contributed by atoms with van der Waals surface area (Å²) in [5.74, 6) is 0.360. The summed E-state index contributed by atoms with van der Waals surface area (Å²) in [6, 6.07) is 8.09. The minimum Gasteiger partial charge on any atom is -0.382 e. The zero-order valence-corrected chi connectivity index (χ0v) is 10.1. The van der Waals surface area contributed by atoms with Crippen molar-refractivity contribution < 1.29 is 13.2 Å². The first-order valence-corrected chi connectivity index (χ1v) is 5.77. The van der Waals surface area contributed by atoms with Crippen LogP contribution >= 0.6 is 0 Å². The van der Waals surface area contributed by atoms with Crippen LogP contribution in [0.5, 0.6) is 0 Å². The van der Waals surface area contributed by atoms with Crippen molar-refractivity contribution in [2.24, 2.45) is 0 Å².